The summed E-state index contributed by atoms with van der Waals surface area (Å²) in [6, 6.07) is 18.6. The number of benzene rings is 2. The lowest BCUT2D eigenvalue weighted by atomic mass is 9.79. The molecule has 0 radical (unpaired) electrons. The molecule has 2 aromatic carbocycles. The van der Waals surface area contributed by atoms with Crippen LogP contribution in [0.1, 0.15) is 38.8 Å². The van der Waals surface area contributed by atoms with Gasteiger partial charge in [-0.3, -0.25) is 0 Å². The van der Waals surface area contributed by atoms with E-state index in [-0.39, 0.29) is 18.3 Å². The second-order valence-corrected chi connectivity index (χ2v) is 7.38. The molecule has 2 aromatic rings. The summed E-state index contributed by atoms with van der Waals surface area (Å²) in [6.45, 7) is 8.29. The number of hydrogen-bond acceptors (Lipinski definition) is 2. The zero-order chi connectivity index (χ0) is 17.9. The van der Waals surface area contributed by atoms with Gasteiger partial charge in [0.05, 0.1) is 11.2 Å². The van der Waals surface area contributed by atoms with Crippen LogP contribution in [-0.4, -0.2) is 18.3 Å². The van der Waals surface area contributed by atoms with Crippen molar-refractivity contribution in [3.05, 3.63) is 77.9 Å². The van der Waals surface area contributed by atoms with Crippen LogP contribution in [0.2, 0.25) is 0 Å². The Hall–Kier alpha value is -2.10. The molecule has 3 rings (SSSR count). The van der Waals surface area contributed by atoms with Crippen molar-refractivity contribution in [3.63, 3.8) is 0 Å². The molecule has 0 aliphatic carbocycles. The Balaban J connectivity index is 1.63. The van der Waals surface area contributed by atoms with E-state index >= 15 is 0 Å². The van der Waals surface area contributed by atoms with Gasteiger partial charge in [-0.15, -0.1) is 0 Å². The second-order valence-electron chi connectivity index (χ2n) is 7.38. The minimum Gasteiger partial charge on any atom is -0.399 e. The van der Waals surface area contributed by atoms with Crippen LogP contribution in [0, 0.1) is 0 Å². The Bertz CT molecular complexity index is 742. The largest absolute Gasteiger partial charge is 0.494 e. The molecule has 1 aliphatic heterocycles. The Labute approximate surface area is 151 Å². The van der Waals surface area contributed by atoms with Gasteiger partial charge in [0.1, 0.15) is 0 Å². The monoisotopic (exact) mass is 332 g/mol. The van der Waals surface area contributed by atoms with Crippen LogP contribution in [0.15, 0.2) is 66.7 Å². The van der Waals surface area contributed by atoms with Crippen molar-refractivity contribution in [3.8, 4) is 0 Å². The first kappa shape index (κ1) is 17.7. The van der Waals surface area contributed by atoms with Crippen LogP contribution >= 0.6 is 0 Å². The summed E-state index contributed by atoms with van der Waals surface area (Å²) in [7, 11) is -0.305. The van der Waals surface area contributed by atoms with Gasteiger partial charge in [0, 0.05) is 0 Å². The van der Waals surface area contributed by atoms with Crippen LogP contribution < -0.4 is 5.46 Å². The quantitative estimate of drug-likeness (QED) is 0.596. The average molecular weight is 332 g/mol. The standard InChI is InChI=1S/C22H25BO2/c1-21(2)22(3,4)25-23(24-21)20-16-14-19(15-17-20)13-9-8-12-18-10-6-5-7-11-18/h5-17H,1-4H3/b12-8+,13-9+. The molecule has 2 nitrogen and oxygen atoms in total. The lowest BCUT2D eigenvalue weighted by Gasteiger charge is -2.32. The van der Waals surface area contributed by atoms with E-state index in [1.54, 1.807) is 0 Å². The highest BCUT2D eigenvalue weighted by atomic mass is 16.7. The maximum absolute atomic E-state index is 6.09. The summed E-state index contributed by atoms with van der Waals surface area (Å²) in [5.74, 6) is 0. The van der Waals surface area contributed by atoms with E-state index in [9.17, 15) is 0 Å². The molecule has 0 bridgehead atoms. The fourth-order valence-electron chi connectivity index (χ4n) is 2.64. The molecule has 0 atom stereocenters. The van der Waals surface area contributed by atoms with Gasteiger partial charge >= 0.3 is 7.12 Å². The predicted octanol–water partition coefficient (Wildman–Crippen LogP) is 4.71. The van der Waals surface area contributed by atoms with E-state index in [1.165, 1.54) is 5.56 Å². The Morgan fingerprint density at radius 3 is 1.68 bits per heavy atom. The van der Waals surface area contributed by atoms with Crippen molar-refractivity contribution < 1.29 is 9.31 Å². The van der Waals surface area contributed by atoms with Gasteiger partial charge in [-0.05, 0) is 44.3 Å². The summed E-state index contributed by atoms with van der Waals surface area (Å²) in [6.07, 6.45) is 8.29. The van der Waals surface area contributed by atoms with Crippen LogP contribution in [-0.2, 0) is 9.31 Å². The SMILES string of the molecule is CC1(C)OB(c2ccc(/C=C/C=C/c3ccccc3)cc2)OC1(C)C. The number of allylic oxidation sites excluding steroid dienone is 2. The van der Waals surface area contributed by atoms with Gasteiger partial charge in [0.25, 0.3) is 0 Å². The molecule has 1 fully saturated rings. The highest BCUT2D eigenvalue weighted by molar-refractivity contribution is 6.62. The molecule has 0 unspecified atom stereocenters. The van der Waals surface area contributed by atoms with E-state index in [0.29, 0.717) is 0 Å². The second kappa shape index (κ2) is 7.03. The Kier molecular flexibility index (Phi) is 4.98. The van der Waals surface area contributed by atoms with Gasteiger partial charge < -0.3 is 9.31 Å². The molecule has 0 N–H and O–H groups in total. The van der Waals surface area contributed by atoms with E-state index in [1.807, 2.05) is 18.2 Å². The van der Waals surface area contributed by atoms with Crippen LogP contribution in [0.25, 0.3) is 12.2 Å². The number of rotatable bonds is 4. The smallest absolute Gasteiger partial charge is 0.399 e. The van der Waals surface area contributed by atoms with Crippen LogP contribution in [0.3, 0.4) is 0 Å². The van der Waals surface area contributed by atoms with E-state index in [2.05, 4.69) is 88.4 Å². The molecule has 25 heavy (non-hydrogen) atoms. The van der Waals surface area contributed by atoms with Gasteiger partial charge in [-0.2, -0.15) is 0 Å². The summed E-state index contributed by atoms with van der Waals surface area (Å²) in [5.41, 5.74) is 2.79. The van der Waals surface area contributed by atoms with Crippen molar-refractivity contribution >= 4 is 24.7 Å². The predicted molar refractivity (Wildman–Crippen MR) is 107 cm³/mol. The molecule has 0 aromatic heterocycles. The summed E-state index contributed by atoms with van der Waals surface area (Å²) in [5, 5.41) is 0. The third kappa shape index (κ3) is 4.12. The first-order valence-electron chi connectivity index (χ1n) is 8.73. The molecule has 1 aliphatic rings. The third-order valence-electron chi connectivity index (χ3n) is 4.95. The van der Waals surface area contributed by atoms with Gasteiger partial charge in [-0.1, -0.05) is 78.9 Å². The van der Waals surface area contributed by atoms with Gasteiger partial charge in [-0.25, -0.2) is 0 Å². The van der Waals surface area contributed by atoms with Crippen LogP contribution in [0.4, 0.5) is 0 Å². The summed E-state index contributed by atoms with van der Waals surface area (Å²) >= 11 is 0. The topological polar surface area (TPSA) is 18.5 Å². The van der Waals surface area contributed by atoms with Crippen LogP contribution in [0.5, 0.6) is 0 Å². The van der Waals surface area contributed by atoms with Crippen molar-refractivity contribution in [2.45, 2.75) is 38.9 Å². The average Bonchev–Trinajstić information content (AvgIpc) is 2.81. The van der Waals surface area contributed by atoms with E-state index in [4.69, 9.17) is 9.31 Å². The molecule has 0 amide bonds. The molecule has 128 valence electrons. The fraction of sp³-hybridized carbons (Fsp3) is 0.273. The van der Waals surface area contributed by atoms with E-state index < -0.39 is 0 Å². The molecule has 1 saturated heterocycles. The minimum absolute atomic E-state index is 0.305. The first-order chi connectivity index (χ1) is 11.9. The van der Waals surface area contributed by atoms with Gasteiger partial charge in [0.2, 0.25) is 0 Å². The summed E-state index contributed by atoms with van der Waals surface area (Å²) < 4.78 is 12.2. The summed E-state index contributed by atoms with van der Waals surface area (Å²) in [4.78, 5) is 0. The maximum Gasteiger partial charge on any atom is 0.494 e. The maximum atomic E-state index is 6.09. The molecule has 1 heterocycles. The minimum atomic E-state index is -0.307. The normalized spacial score (nSPS) is 19.1. The van der Waals surface area contributed by atoms with E-state index in [0.717, 1.165) is 11.0 Å². The van der Waals surface area contributed by atoms with Crippen molar-refractivity contribution in [1.29, 1.82) is 0 Å². The Morgan fingerprint density at radius 2 is 1.16 bits per heavy atom. The van der Waals surface area contributed by atoms with Gasteiger partial charge in [0.15, 0.2) is 0 Å². The zero-order valence-corrected chi connectivity index (χ0v) is 15.4. The lowest BCUT2D eigenvalue weighted by Crippen LogP contribution is -2.41. The molecular weight excluding hydrogens is 307 g/mol. The first-order valence-corrected chi connectivity index (χ1v) is 8.73. The molecule has 0 spiro atoms. The van der Waals surface area contributed by atoms with Crippen molar-refractivity contribution in [2.24, 2.45) is 0 Å². The highest BCUT2D eigenvalue weighted by Crippen LogP contribution is 2.36. The highest BCUT2D eigenvalue weighted by Gasteiger charge is 2.51. The third-order valence-corrected chi connectivity index (χ3v) is 4.95. The molecular formula is C22H25BO2. The fourth-order valence-corrected chi connectivity index (χ4v) is 2.64. The number of hydrogen-bond donors (Lipinski definition) is 0. The molecule has 0 saturated carbocycles. The Morgan fingerprint density at radius 1 is 0.680 bits per heavy atom. The van der Waals surface area contributed by atoms with Crippen molar-refractivity contribution in [2.75, 3.05) is 0 Å². The lowest BCUT2D eigenvalue weighted by molar-refractivity contribution is 0.00578. The van der Waals surface area contributed by atoms with Crippen molar-refractivity contribution in [1.82, 2.24) is 0 Å². The molecule has 3 heteroatoms. The zero-order valence-electron chi connectivity index (χ0n) is 15.4.